The van der Waals surface area contributed by atoms with E-state index in [4.69, 9.17) is 0 Å². The largest absolute Gasteiger partial charge is 0.129 e. The van der Waals surface area contributed by atoms with Gasteiger partial charge in [-0.2, -0.15) is 0 Å². The lowest BCUT2D eigenvalue weighted by atomic mass is 10.0. The maximum absolute atomic E-state index is 3.41. The van der Waals surface area contributed by atoms with Crippen molar-refractivity contribution < 1.29 is 0 Å². The Morgan fingerprint density at radius 1 is 1.20 bits per heavy atom. The first-order valence-corrected chi connectivity index (χ1v) is 9.05. The normalized spacial score (nSPS) is 10.7. The molecular weight excluding hydrogens is 196 g/mol. The van der Waals surface area contributed by atoms with Crippen molar-refractivity contribution in [1.82, 2.24) is 0 Å². The topological polar surface area (TPSA) is 0 Å². The molecule has 0 saturated carbocycles. The summed E-state index contributed by atoms with van der Waals surface area (Å²) in [5.41, 5.74) is 7.29. The van der Waals surface area contributed by atoms with Crippen LogP contribution in [0, 0.1) is 18.4 Å². The minimum atomic E-state index is -1.25. The van der Waals surface area contributed by atoms with E-state index < -0.39 is 8.07 Å². The highest BCUT2D eigenvalue weighted by Gasteiger charge is 2.07. The van der Waals surface area contributed by atoms with Gasteiger partial charge in [0.15, 0.2) is 0 Å². The average Bonchev–Trinajstić information content (AvgIpc) is 2.14. The summed E-state index contributed by atoms with van der Waals surface area (Å²) < 4.78 is 0. The number of benzene rings is 1. The maximum atomic E-state index is 3.41. The van der Waals surface area contributed by atoms with Crippen LogP contribution in [-0.4, -0.2) is 8.07 Å². The van der Waals surface area contributed by atoms with E-state index >= 15 is 0 Å². The van der Waals surface area contributed by atoms with Gasteiger partial charge in [0.25, 0.3) is 0 Å². The summed E-state index contributed by atoms with van der Waals surface area (Å²) in [4.78, 5) is 0. The quantitative estimate of drug-likeness (QED) is 0.495. The molecule has 0 aromatic heterocycles. The van der Waals surface area contributed by atoms with Crippen LogP contribution in [0.3, 0.4) is 0 Å². The van der Waals surface area contributed by atoms with Crippen LogP contribution in [-0.2, 0) is 6.42 Å². The van der Waals surface area contributed by atoms with Crippen LogP contribution < -0.4 is 0 Å². The van der Waals surface area contributed by atoms with E-state index in [1.807, 2.05) is 0 Å². The van der Waals surface area contributed by atoms with E-state index in [2.05, 4.69) is 63.2 Å². The second kappa shape index (κ2) is 4.68. The first-order valence-electron chi connectivity index (χ1n) is 5.55. The SMILES string of the molecule is CCc1ccc(C#C[Si](C)(C)C)c(C)c1. The number of hydrogen-bond acceptors (Lipinski definition) is 0. The zero-order chi connectivity index (χ0) is 11.5. The Morgan fingerprint density at radius 3 is 2.33 bits per heavy atom. The summed E-state index contributed by atoms with van der Waals surface area (Å²) in [5, 5.41) is 0. The third kappa shape index (κ3) is 3.93. The van der Waals surface area contributed by atoms with Gasteiger partial charge >= 0.3 is 0 Å². The third-order valence-electron chi connectivity index (χ3n) is 2.27. The van der Waals surface area contributed by atoms with Crippen LogP contribution in [0.2, 0.25) is 19.6 Å². The van der Waals surface area contributed by atoms with Crippen LogP contribution in [0.25, 0.3) is 0 Å². The van der Waals surface area contributed by atoms with E-state index in [9.17, 15) is 0 Å². The standard InChI is InChI=1S/C14H20Si/c1-6-13-7-8-14(12(2)11-13)9-10-15(3,4)5/h7-8,11H,6H2,1-5H3. The second-order valence-corrected chi connectivity index (χ2v) is 9.75. The van der Waals surface area contributed by atoms with Gasteiger partial charge in [-0.1, -0.05) is 44.6 Å². The zero-order valence-corrected chi connectivity index (χ0v) is 11.4. The van der Waals surface area contributed by atoms with Gasteiger partial charge in [-0.25, -0.2) is 0 Å². The van der Waals surface area contributed by atoms with Gasteiger partial charge in [0.2, 0.25) is 0 Å². The molecule has 0 unspecified atom stereocenters. The summed E-state index contributed by atoms with van der Waals surface area (Å²) in [5.74, 6) is 3.32. The molecule has 0 N–H and O–H groups in total. The second-order valence-electron chi connectivity index (χ2n) is 5.00. The molecule has 0 radical (unpaired) electrons. The average molecular weight is 216 g/mol. The van der Waals surface area contributed by atoms with Crippen molar-refractivity contribution >= 4 is 8.07 Å². The molecule has 0 aliphatic rings. The minimum Gasteiger partial charge on any atom is -0.127 e. The molecule has 0 saturated heterocycles. The Bertz CT molecular complexity index is 400. The summed E-state index contributed by atoms with van der Waals surface area (Å²) in [6.07, 6.45) is 1.10. The van der Waals surface area contributed by atoms with Gasteiger partial charge in [-0.05, 0) is 30.5 Å². The van der Waals surface area contributed by atoms with Crippen molar-refractivity contribution in [2.45, 2.75) is 39.9 Å². The zero-order valence-electron chi connectivity index (χ0n) is 10.4. The molecule has 1 heteroatoms. The lowest BCUT2D eigenvalue weighted by Gasteiger charge is -2.05. The van der Waals surface area contributed by atoms with Crippen molar-refractivity contribution in [3.8, 4) is 11.5 Å². The highest BCUT2D eigenvalue weighted by molar-refractivity contribution is 6.83. The molecule has 0 fully saturated rings. The van der Waals surface area contributed by atoms with Crippen LogP contribution in [0.5, 0.6) is 0 Å². The van der Waals surface area contributed by atoms with Crippen LogP contribution in [0.15, 0.2) is 18.2 Å². The van der Waals surface area contributed by atoms with Gasteiger partial charge in [0, 0.05) is 5.56 Å². The van der Waals surface area contributed by atoms with Crippen LogP contribution >= 0.6 is 0 Å². The summed E-state index contributed by atoms with van der Waals surface area (Å²) in [6, 6.07) is 6.58. The molecule has 0 atom stereocenters. The van der Waals surface area contributed by atoms with Crippen molar-refractivity contribution in [2.75, 3.05) is 0 Å². The predicted octanol–water partition coefficient (Wildman–Crippen LogP) is 3.79. The minimum absolute atomic E-state index is 1.10. The summed E-state index contributed by atoms with van der Waals surface area (Å²) in [6.45, 7) is 11.1. The van der Waals surface area contributed by atoms with E-state index in [-0.39, 0.29) is 0 Å². The number of rotatable bonds is 1. The maximum Gasteiger partial charge on any atom is 0.129 e. The van der Waals surface area contributed by atoms with Crippen molar-refractivity contribution in [3.63, 3.8) is 0 Å². The molecule has 0 aliphatic carbocycles. The monoisotopic (exact) mass is 216 g/mol. The molecule has 15 heavy (non-hydrogen) atoms. The van der Waals surface area contributed by atoms with Gasteiger partial charge in [0.05, 0.1) is 0 Å². The van der Waals surface area contributed by atoms with Crippen molar-refractivity contribution in [3.05, 3.63) is 34.9 Å². The first-order chi connectivity index (χ1) is 6.92. The lowest BCUT2D eigenvalue weighted by Crippen LogP contribution is -2.16. The van der Waals surface area contributed by atoms with Gasteiger partial charge in [0.1, 0.15) is 8.07 Å². The smallest absolute Gasteiger partial charge is 0.127 e. The van der Waals surface area contributed by atoms with Crippen molar-refractivity contribution in [2.24, 2.45) is 0 Å². The lowest BCUT2D eigenvalue weighted by molar-refractivity contribution is 1.13. The molecule has 80 valence electrons. The van der Waals surface area contributed by atoms with E-state index in [1.165, 1.54) is 16.7 Å². The van der Waals surface area contributed by atoms with Crippen LogP contribution in [0.1, 0.15) is 23.6 Å². The van der Waals surface area contributed by atoms with Gasteiger partial charge < -0.3 is 0 Å². The highest BCUT2D eigenvalue weighted by atomic mass is 28.3. The molecule has 0 aliphatic heterocycles. The van der Waals surface area contributed by atoms with E-state index in [1.54, 1.807) is 0 Å². The summed E-state index contributed by atoms with van der Waals surface area (Å²) >= 11 is 0. The fourth-order valence-electron chi connectivity index (χ4n) is 1.34. The third-order valence-corrected chi connectivity index (χ3v) is 3.15. The molecule has 0 bridgehead atoms. The molecule has 0 heterocycles. The Labute approximate surface area is 94.7 Å². The van der Waals surface area contributed by atoms with Gasteiger partial charge in [-0.3, -0.25) is 0 Å². The van der Waals surface area contributed by atoms with E-state index in [0.717, 1.165) is 6.42 Å². The molecule has 0 spiro atoms. The molecule has 1 aromatic carbocycles. The Morgan fingerprint density at radius 2 is 1.87 bits per heavy atom. The fourth-order valence-corrected chi connectivity index (χ4v) is 1.85. The Hall–Kier alpha value is -1.00. The molecule has 0 nitrogen and oxygen atoms in total. The highest BCUT2D eigenvalue weighted by Crippen LogP contribution is 2.11. The first kappa shape index (κ1) is 12.1. The number of aryl methyl sites for hydroxylation is 2. The number of hydrogen-bond donors (Lipinski definition) is 0. The van der Waals surface area contributed by atoms with Crippen LogP contribution in [0.4, 0.5) is 0 Å². The fraction of sp³-hybridized carbons (Fsp3) is 0.429. The molecule has 1 rings (SSSR count). The summed E-state index contributed by atoms with van der Waals surface area (Å²) in [7, 11) is -1.25. The van der Waals surface area contributed by atoms with Gasteiger partial charge in [-0.15, -0.1) is 5.54 Å². The predicted molar refractivity (Wildman–Crippen MR) is 70.8 cm³/mol. The molecule has 1 aromatic rings. The van der Waals surface area contributed by atoms with Crippen molar-refractivity contribution in [1.29, 1.82) is 0 Å². The Kier molecular flexibility index (Phi) is 3.76. The Balaban J connectivity index is 3.01. The van der Waals surface area contributed by atoms with E-state index in [0.29, 0.717) is 0 Å². The molecule has 0 amide bonds. The molecular formula is C14H20Si.